The number of benzene rings is 1. The van der Waals surface area contributed by atoms with E-state index in [1.807, 2.05) is 0 Å². The minimum Gasteiger partial charge on any atom is -0.292 e. The first kappa shape index (κ1) is 19.1. The lowest BCUT2D eigenvalue weighted by Gasteiger charge is -2.09. The maximum absolute atomic E-state index is 12.8. The van der Waals surface area contributed by atoms with Gasteiger partial charge in [0.05, 0.1) is 28.3 Å². The van der Waals surface area contributed by atoms with E-state index in [-0.39, 0.29) is 20.6 Å². The molecule has 1 aliphatic rings. The monoisotopic (exact) mass is 444 g/mol. The summed E-state index contributed by atoms with van der Waals surface area (Å²) in [6.45, 7) is 7.15. The van der Waals surface area contributed by atoms with Crippen LogP contribution in [-0.4, -0.2) is 34.1 Å². The lowest BCUT2D eigenvalue weighted by molar-refractivity contribution is 0.150. The van der Waals surface area contributed by atoms with Crippen LogP contribution in [0.3, 0.4) is 0 Å². The van der Waals surface area contributed by atoms with Crippen molar-refractivity contribution in [3.8, 4) is 10.7 Å². The predicted molar refractivity (Wildman–Crippen MR) is 98.5 cm³/mol. The zero-order valence-corrected chi connectivity index (χ0v) is 16.5. The lowest BCUT2D eigenvalue weighted by Crippen LogP contribution is -2.34. The van der Waals surface area contributed by atoms with Gasteiger partial charge in [-0.15, -0.1) is 14.9 Å². The van der Waals surface area contributed by atoms with Gasteiger partial charge in [-0.1, -0.05) is 22.9 Å². The smallest absolute Gasteiger partial charge is 0.292 e. The molecular formula is C15H11ClF2N6O2S2. The Morgan fingerprint density at radius 3 is 2.68 bits per heavy atom. The van der Waals surface area contributed by atoms with Crippen LogP contribution in [0.15, 0.2) is 17.0 Å². The minimum atomic E-state index is -4.02. The van der Waals surface area contributed by atoms with Gasteiger partial charge in [-0.2, -0.15) is 5.10 Å². The molecule has 1 saturated carbocycles. The first-order valence-corrected chi connectivity index (χ1v) is 10.5. The number of aryl methyl sites for hydroxylation is 1. The fourth-order valence-electron chi connectivity index (χ4n) is 2.73. The fourth-order valence-corrected chi connectivity index (χ4v) is 5.25. The van der Waals surface area contributed by atoms with Crippen LogP contribution in [0.2, 0.25) is 5.02 Å². The number of alkyl halides is 2. The summed E-state index contributed by atoms with van der Waals surface area (Å²) in [5.41, 5.74) is -0.480. The second-order valence-electron chi connectivity index (χ2n) is 6.27. The van der Waals surface area contributed by atoms with E-state index in [1.165, 1.54) is 16.8 Å². The Labute approximate surface area is 167 Å². The van der Waals surface area contributed by atoms with Crippen LogP contribution in [0.4, 0.5) is 8.78 Å². The van der Waals surface area contributed by atoms with Gasteiger partial charge in [-0.3, -0.25) is 9.53 Å². The topological polar surface area (TPSA) is 94.1 Å². The maximum Gasteiger partial charge on any atom is 0.299 e. The van der Waals surface area contributed by atoms with Gasteiger partial charge in [0.1, 0.15) is 5.69 Å². The van der Waals surface area contributed by atoms with Crippen molar-refractivity contribution in [2.75, 3.05) is 0 Å². The van der Waals surface area contributed by atoms with Crippen molar-refractivity contribution in [3.05, 3.63) is 33.6 Å². The SMILES string of the molecule is [C-]#[N+]C1(NS(=O)(=O)c2cc(Cl)c3c(c2)c(-c2nnc(C(F)F)s2)nn3C)CC1. The van der Waals surface area contributed by atoms with Crippen LogP contribution < -0.4 is 4.72 Å². The van der Waals surface area contributed by atoms with Crippen molar-refractivity contribution in [3.63, 3.8) is 0 Å². The Hall–Kier alpha value is -2.20. The molecule has 1 N–H and O–H groups in total. The summed E-state index contributed by atoms with van der Waals surface area (Å²) in [5.74, 6) is 0. The molecule has 1 aliphatic carbocycles. The van der Waals surface area contributed by atoms with E-state index in [2.05, 4.69) is 24.9 Å². The fraction of sp³-hybridized carbons (Fsp3) is 0.333. The zero-order valence-electron chi connectivity index (χ0n) is 14.1. The Morgan fingerprint density at radius 2 is 2.11 bits per heavy atom. The standard InChI is InChI=1S/C15H11ClF2N6O2S2/c1-19-15(3-4-15)23-28(25,26)7-5-8-10(13-20-21-14(27-13)12(17)18)22-24(2)11(8)9(16)6-7/h5-6,12,23H,3-4H2,2H3. The Morgan fingerprint density at radius 1 is 1.39 bits per heavy atom. The van der Waals surface area contributed by atoms with E-state index in [0.717, 1.165) is 0 Å². The van der Waals surface area contributed by atoms with Crippen molar-refractivity contribution >= 4 is 43.9 Å². The summed E-state index contributed by atoms with van der Waals surface area (Å²) in [6.07, 6.45) is -1.90. The summed E-state index contributed by atoms with van der Waals surface area (Å²) >= 11 is 6.95. The van der Waals surface area contributed by atoms with Crippen molar-refractivity contribution < 1.29 is 17.2 Å². The third kappa shape index (κ3) is 3.14. The molecule has 0 radical (unpaired) electrons. The molecule has 0 atom stereocenters. The van der Waals surface area contributed by atoms with Crippen LogP contribution >= 0.6 is 22.9 Å². The summed E-state index contributed by atoms with van der Waals surface area (Å²) in [7, 11) is -2.42. The van der Waals surface area contributed by atoms with Gasteiger partial charge in [-0.05, 0) is 12.1 Å². The molecule has 146 valence electrons. The minimum absolute atomic E-state index is 0.116. The molecule has 0 unspecified atom stereocenters. The second-order valence-corrected chi connectivity index (χ2v) is 9.37. The van der Waals surface area contributed by atoms with Crippen molar-refractivity contribution in [2.45, 2.75) is 29.8 Å². The number of fused-ring (bicyclic) bond motifs is 1. The van der Waals surface area contributed by atoms with Crippen LogP contribution in [0, 0.1) is 6.57 Å². The normalized spacial score (nSPS) is 15.9. The number of halogens is 3. The summed E-state index contributed by atoms with van der Waals surface area (Å²) in [6, 6.07) is 2.61. The van der Waals surface area contributed by atoms with Crippen molar-refractivity contribution in [2.24, 2.45) is 7.05 Å². The Balaban J connectivity index is 1.86. The van der Waals surface area contributed by atoms with Crippen molar-refractivity contribution in [1.82, 2.24) is 24.7 Å². The molecule has 0 bridgehead atoms. The number of hydrogen-bond acceptors (Lipinski definition) is 6. The third-order valence-electron chi connectivity index (χ3n) is 4.27. The molecule has 2 aromatic heterocycles. The van der Waals surface area contributed by atoms with Gasteiger partial charge in [0.2, 0.25) is 10.0 Å². The quantitative estimate of drug-likeness (QED) is 0.609. The highest BCUT2D eigenvalue weighted by atomic mass is 35.5. The summed E-state index contributed by atoms with van der Waals surface area (Å²) < 4.78 is 55.0. The van der Waals surface area contributed by atoms with Crippen LogP contribution in [0.1, 0.15) is 24.3 Å². The maximum atomic E-state index is 12.8. The number of aromatic nitrogens is 4. The van der Waals surface area contributed by atoms with Gasteiger partial charge < -0.3 is 0 Å². The first-order valence-electron chi connectivity index (χ1n) is 7.86. The number of sulfonamides is 1. The first-order chi connectivity index (χ1) is 13.2. The number of rotatable bonds is 5. The average molecular weight is 445 g/mol. The molecule has 28 heavy (non-hydrogen) atoms. The van der Waals surface area contributed by atoms with Crippen LogP contribution in [0.25, 0.3) is 26.4 Å². The van der Waals surface area contributed by atoms with E-state index in [1.54, 1.807) is 7.05 Å². The van der Waals surface area contributed by atoms with E-state index < -0.39 is 27.1 Å². The molecule has 0 amide bonds. The third-order valence-corrected chi connectivity index (χ3v) is 7.00. The van der Waals surface area contributed by atoms with Gasteiger partial charge in [-0.25, -0.2) is 23.8 Å². The van der Waals surface area contributed by atoms with Crippen LogP contribution in [-0.2, 0) is 17.1 Å². The average Bonchev–Trinajstić information content (AvgIpc) is 3.07. The van der Waals surface area contributed by atoms with E-state index >= 15 is 0 Å². The van der Waals surface area contributed by atoms with Gasteiger partial charge >= 0.3 is 0 Å². The van der Waals surface area contributed by atoms with E-state index in [0.29, 0.717) is 35.1 Å². The summed E-state index contributed by atoms with van der Waals surface area (Å²) in [4.78, 5) is 3.19. The molecule has 8 nitrogen and oxygen atoms in total. The van der Waals surface area contributed by atoms with E-state index in [4.69, 9.17) is 18.2 Å². The number of nitrogens with one attached hydrogen (secondary N) is 1. The number of hydrogen-bond donors (Lipinski definition) is 1. The largest absolute Gasteiger partial charge is 0.299 e. The Bertz CT molecular complexity index is 1240. The molecule has 1 fully saturated rings. The highest BCUT2D eigenvalue weighted by Crippen LogP contribution is 2.40. The molecule has 13 heteroatoms. The highest BCUT2D eigenvalue weighted by molar-refractivity contribution is 7.89. The second kappa shape index (κ2) is 6.41. The van der Waals surface area contributed by atoms with E-state index in [9.17, 15) is 17.2 Å². The van der Waals surface area contributed by atoms with Gasteiger partial charge in [0.15, 0.2) is 10.0 Å². The molecule has 0 saturated heterocycles. The molecule has 0 aliphatic heterocycles. The van der Waals surface area contributed by atoms with Crippen LogP contribution in [0.5, 0.6) is 0 Å². The molecule has 0 spiro atoms. The lowest BCUT2D eigenvalue weighted by atomic mass is 10.2. The molecule has 4 rings (SSSR count). The van der Waals surface area contributed by atoms with Gasteiger partial charge in [0.25, 0.3) is 12.1 Å². The molecule has 1 aromatic carbocycles. The molecule has 3 aromatic rings. The predicted octanol–water partition coefficient (Wildman–Crippen LogP) is 3.37. The molecular weight excluding hydrogens is 434 g/mol. The number of nitrogens with zero attached hydrogens (tertiary/aromatic N) is 5. The zero-order chi connectivity index (χ0) is 20.3. The highest BCUT2D eigenvalue weighted by Gasteiger charge is 2.54. The Kier molecular flexibility index (Phi) is 4.38. The summed E-state index contributed by atoms with van der Waals surface area (Å²) in [5, 5.41) is 11.5. The van der Waals surface area contributed by atoms with Gasteiger partial charge in [0, 0.05) is 12.4 Å². The van der Waals surface area contributed by atoms with Crippen molar-refractivity contribution in [1.29, 1.82) is 0 Å². The molecule has 2 heterocycles.